The van der Waals surface area contributed by atoms with Crippen LogP contribution in [0.4, 0.5) is 0 Å². The number of thiophene rings is 1. The summed E-state index contributed by atoms with van der Waals surface area (Å²) in [4.78, 5) is 25.0. The molecule has 144 valence electrons. The number of esters is 1. The molecule has 0 fully saturated rings. The van der Waals surface area contributed by atoms with Crippen molar-refractivity contribution in [3.05, 3.63) is 74.6 Å². The molecule has 5 rings (SSSR count). The quantitative estimate of drug-likeness (QED) is 0.291. The number of benzene rings is 2. The minimum absolute atomic E-state index is 0.0301. The van der Waals surface area contributed by atoms with Crippen molar-refractivity contribution in [3.63, 3.8) is 0 Å². The molecule has 29 heavy (non-hydrogen) atoms. The predicted octanol–water partition coefficient (Wildman–Crippen LogP) is 4.37. The van der Waals surface area contributed by atoms with Gasteiger partial charge in [0.15, 0.2) is 16.9 Å². The highest BCUT2D eigenvalue weighted by molar-refractivity contribution is 7.08. The Morgan fingerprint density at radius 1 is 1.03 bits per heavy atom. The third-order valence-electron chi connectivity index (χ3n) is 5.05. The van der Waals surface area contributed by atoms with Gasteiger partial charge in [0.2, 0.25) is 5.75 Å². The number of phenolic OH excluding ortho intramolecular Hbond substituents is 2. The molecule has 1 aliphatic rings. The lowest BCUT2D eigenvalue weighted by Gasteiger charge is -2.26. The van der Waals surface area contributed by atoms with Gasteiger partial charge in [0.1, 0.15) is 16.7 Å². The zero-order chi connectivity index (χ0) is 20.1. The topological polar surface area (TPSA) is 97.0 Å². The van der Waals surface area contributed by atoms with Crippen LogP contribution in [0.3, 0.4) is 0 Å². The number of carbonyl (C=O) groups is 1. The predicted molar refractivity (Wildman–Crippen MR) is 108 cm³/mol. The molecule has 0 aliphatic carbocycles. The van der Waals surface area contributed by atoms with Crippen molar-refractivity contribution in [1.29, 1.82) is 0 Å². The molecule has 0 bridgehead atoms. The highest BCUT2D eigenvalue weighted by Gasteiger charge is 2.36. The minimum atomic E-state index is -0.661. The largest absolute Gasteiger partial charge is 0.504 e. The molecular weight excluding hydrogens is 392 g/mol. The van der Waals surface area contributed by atoms with Crippen molar-refractivity contribution < 1.29 is 24.2 Å². The van der Waals surface area contributed by atoms with Crippen molar-refractivity contribution in [2.45, 2.75) is 12.3 Å². The van der Waals surface area contributed by atoms with E-state index < -0.39 is 28.8 Å². The Kier molecular flexibility index (Phi) is 3.92. The van der Waals surface area contributed by atoms with Crippen LogP contribution < -0.4 is 10.2 Å². The van der Waals surface area contributed by atoms with Crippen molar-refractivity contribution in [2.24, 2.45) is 0 Å². The molecule has 0 amide bonds. The van der Waals surface area contributed by atoms with Crippen LogP contribution in [-0.2, 0) is 4.79 Å². The molecule has 7 heteroatoms. The summed E-state index contributed by atoms with van der Waals surface area (Å²) in [5.41, 5.74) is 1.51. The number of phenols is 2. The molecule has 2 aromatic heterocycles. The molecule has 0 saturated carbocycles. The lowest BCUT2D eigenvalue weighted by atomic mass is 9.86. The molecule has 0 radical (unpaired) electrons. The van der Waals surface area contributed by atoms with Crippen LogP contribution in [0.5, 0.6) is 17.2 Å². The maximum Gasteiger partial charge on any atom is 0.312 e. The summed E-state index contributed by atoms with van der Waals surface area (Å²) in [5, 5.41) is 24.6. The highest BCUT2D eigenvalue weighted by Crippen LogP contribution is 2.52. The Morgan fingerprint density at radius 3 is 2.55 bits per heavy atom. The number of ether oxygens (including phenoxy) is 1. The summed E-state index contributed by atoms with van der Waals surface area (Å²) < 4.78 is 11.3. The number of aromatic hydroxyl groups is 2. The van der Waals surface area contributed by atoms with E-state index in [0.717, 1.165) is 5.56 Å². The van der Waals surface area contributed by atoms with E-state index in [2.05, 4.69) is 0 Å². The van der Waals surface area contributed by atoms with Crippen LogP contribution in [0.1, 0.15) is 23.5 Å². The smallest absolute Gasteiger partial charge is 0.312 e. The van der Waals surface area contributed by atoms with Crippen molar-refractivity contribution in [1.82, 2.24) is 0 Å². The fourth-order valence-electron chi connectivity index (χ4n) is 3.71. The highest BCUT2D eigenvalue weighted by atomic mass is 32.1. The average Bonchev–Trinajstić information content (AvgIpc) is 3.26. The number of hydrogen-bond donors (Lipinski definition) is 2. The van der Waals surface area contributed by atoms with Gasteiger partial charge in [0, 0.05) is 17.5 Å². The Morgan fingerprint density at radius 2 is 1.83 bits per heavy atom. The summed E-state index contributed by atoms with van der Waals surface area (Å²) in [6, 6.07) is 12.2. The Labute approximate surface area is 168 Å². The minimum Gasteiger partial charge on any atom is -0.504 e. The zero-order valence-corrected chi connectivity index (χ0v) is 15.7. The fraction of sp³-hybridized carbons (Fsp3) is 0.0909. The van der Waals surface area contributed by atoms with Gasteiger partial charge in [-0.2, -0.15) is 11.3 Å². The van der Waals surface area contributed by atoms with Crippen LogP contribution in [0, 0.1) is 0 Å². The van der Waals surface area contributed by atoms with E-state index in [0.29, 0.717) is 16.9 Å². The maximum absolute atomic E-state index is 12.9. The van der Waals surface area contributed by atoms with Crippen LogP contribution in [0.25, 0.3) is 22.3 Å². The van der Waals surface area contributed by atoms with Gasteiger partial charge in [-0.25, -0.2) is 0 Å². The van der Waals surface area contributed by atoms with Crippen LogP contribution in [0.2, 0.25) is 0 Å². The Hall–Kier alpha value is -3.58. The van der Waals surface area contributed by atoms with E-state index in [4.69, 9.17) is 9.15 Å². The first-order valence-corrected chi connectivity index (χ1v) is 9.82. The Bertz CT molecular complexity index is 1310. The van der Waals surface area contributed by atoms with Gasteiger partial charge in [-0.3, -0.25) is 9.59 Å². The lowest BCUT2D eigenvalue weighted by Crippen LogP contribution is -2.22. The van der Waals surface area contributed by atoms with E-state index in [1.165, 1.54) is 17.4 Å². The van der Waals surface area contributed by atoms with E-state index >= 15 is 0 Å². The number of fused-ring (bicyclic) bond motifs is 3. The molecule has 1 atom stereocenters. The van der Waals surface area contributed by atoms with Gasteiger partial charge in [-0.1, -0.05) is 30.3 Å². The number of carbonyl (C=O) groups excluding carboxylic acids is 1. The van der Waals surface area contributed by atoms with E-state index in [1.807, 2.05) is 35.0 Å². The van der Waals surface area contributed by atoms with Crippen molar-refractivity contribution in [2.75, 3.05) is 0 Å². The summed E-state index contributed by atoms with van der Waals surface area (Å²) in [5.74, 6) is -2.16. The first kappa shape index (κ1) is 17.5. The summed E-state index contributed by atoms with van der Waals surface area (Å²) >= 11 is 1.47. The van der Waals surface area contributed by atoms with Crippen LogP contribution >= 0.6 is 11.3 Å². The fourth-order valence-corrected chi connectivity index (χ4v) is 4.42. The monoisotopic (exact) mass is 406 g/mol. The first-order valence-electron chi connectivity index (χ1n) is 8.88. The summed E-state index contributed by atoms with van der Waals surface area (Å²) in [6.45, 7) is 0. The third-order valence-corrected chi connectivity index (χ3v) is 5.75. The molecule has 3 heterocycles. The van der Waals surface area contributed by atoms with Gasteiger partial charge < -0.3 is 19.4 Å². The SMILES string of the molecule is O=C1C[C@H](c2ccsc2)c2c(c(O)c(O)c3c(=O)cc(-c4ccccc4)oc23)O1. The maximum atomic E-state index is 12.9. The first-order chi connectivity index (χ1) is 14.0. The normalized spacial score (nSPS) is 15.9. The second kappa shape index (κ2) is 6.49. The average molecular weight is 406 g/mol. The van der Waals surface area contributed by atoms with Crippen molar-refractivity contribution in [3.8, 4) is 28.6 Å². The molecule has 6 nitrogen and oxygen atoms in total. The van der Waals surface area contributed by atoms with Gasteiger partial charge in [-0.15, -0.1) is 0 Å². The Balaban J connectivity index is 1.90. The van der Waals surface area contributed by atoms with Gasteiger partial charge in [0.25, 0.3) is 0 Å². The molecule has 0 spiro atoms. The molecule has 0 unspecified atom stereocenters. The van der Waals surface area contributed by atoms with E-state index in [1.54, 1.807) is 12.1 Å². The third kappa shape index (κ3) is 2.70. The lowest BCUT2D eigenvalue weighted by molar-refractivity contribution is -0.135. The molecule has 4 aromatic rings. The number of rotatable bonds is 2. The van der Waals surface area contributed by atoms with Crippen molar-refractivity contribution >= 4 is 28.3 Å². The summed E-state index contributed by atoms with van der Waals surface area (Å²) in [7, 11) is 0. The standard InChI is InChI=1S/C22H14O6S/c23-14-9-15(11-4-2-1-3-5-11)27-21-17-13(12-6-7-29-10-12)8-16(24)28-22(17)20(26)19(25)18(14)21/h1-7,9-10,13,25-26H,8H2/t13-/m1/s1. The molecule has 0 saturated heterocycles. The molecular formula is C22H14O6S. The van der Waals surface area contributed by atoms with Crippen LogP contribution in [-0.4, -0.2) is 16.2 Å². The van der Waals surface area contributed by atoms with E-state index in [-0.39, 0.29) is 23.1 Å². The molecule has 1 aliphatic heterocycles. The second-order valence-electron chi connectivity index (χ2n) is 6.77. The van der Waals surface area contributed by atoms with Gasteiger partial charge in [0.05, 0.1) is 12.0 Å². The molecule has 2 N–H and O–H groups in total. The van der Waals surface area contributed by atoms with Crippen LogP contribution in [0.15, 0.2) is 62.4 Å². The number of hydrogen-bond acceptors (Lipinski definition) is 7. The van der Waals surface area contributed by atoms with E-state index in [9.17, 15) is 19.8 Å². The molecule has 2 aromatic carbocycles. The summed E-state index contributed by atoms with van der Waals surface area (Å²) in [6.07, 6.45) is 0.0301. The van der Waals surface area contributed by atoms with Gasteiger partial charge in [-0.05, 0) is 22.4 Å². The zero-order valence-electron chi connectivity index (χ0n) is 14.9. The van der Waals surface area contributed by atoms with Gasteiger partial charge >= 0.3 is 5.97 Å². The second-order valence-corrected chi connectivity index (χ2v) is 7.55.